The summed E-state index contributed by atoms with van der Waals surface area (Å²) >= 11 is 0. The van der Waals surface area contributed by atoms with E-state index < -0.39 is 0 Å². The monoisotopic (exact) mass is 196 g/mol. The molecule has 0 amide bonds. The standard InChI is InChI=1S/C12H20O2/c1-9-6-7-14-12(9)11(13)8-10-4-2-3-5-10/h2-3,9-13H,4-8H2,1H3. The minimum Gasteiger partial charge on any atom is -0.390 e. The lowest BCUT2D eigenvalue weighted by Crippen LogP contribution is -2.31. The first-order chi connectivity index (χ1) is 6.77. The van der Waals surface area contributed by atoms with Gasteiger partial charge in [-0.25, -0.2) is 0 Å². The van der Waals surface area contributed by atoms with Gasteiger partial charge in [0.25, 0.3) is 0 Å². The fourth-order valence-electron chi connectivity index (χ4n) is 2.55. The van der Waals surface area contributed by atoms with E-state index >= 15 is 0 Å². The summed E-state index contributed by atoms with van der Waals surface area (Å²) in [5.74, 6) is 1.18. The fraction of sp³-hybridized carbons (Fsp3) is 0.833. The summed E-state index contributed by atoms with van der Waals surface area (Å²) in [7, 11) is 0. The SMILES string of the molecule is CC1CCOC1C(O)CC1CC=CC1. The molecule has 0 aromatic rings. The molecule has 3 unspecified atom stereocenters. The second kappa shape index (κ2) is 4.45. The molecule has 0 radical (unpaired) electrons. The van der Waals surface area contributed by atoms with Crippen LogP contribution in [-0.2, 0) is 4.74 Å². The predicted octanol–water partition coefficient (Wildman–Crippen LogP) is 2.13. The van der Waals surface area contributed by atoms with Crippen molar-refractivity contribution in [3.63, 3.8) is 0 Å². The van der Waals surface area contributed by atoms with Crippen molar-refractivity contribution < 1.29 is 9.84 Å². The third kappa shape index (κ3) is 2.18. The minimum absolute atomic E-state index is 0.0931. The number of aliphatic hydroxyl groups is 1. The number of allylic oxidation sites excluding steroid dienone is 2. The number of ether oxygens (including phenoxy) is 1. The van der Waals surface area contributed by atoms with Crippen LogP contribution >= 0.6 is 0 Å². The first-order valence-electron chi connectivity index (χ1n) is 5.72. The van der Waals surface area contributed by atoms with E-state index in [4.69, 9.17) is 4.74 Å². The molecule has 1 aliphatic carbocycles. The molecule has 0 aromatic carbocycles. The molecular formula is C12H20O2. The Morgan fingerprint density at radius 1 is 1.43 bits per heavy atom. The van der Waals surface area contributed by atoms with Crippen molar-refractivity contribution in [3.8, 4) is 0 Å². The summed E-state index contributed by atoms with van der Waals surface area (Å²) in [6, 6.07) is 0. The lowest BCUT2D eigenvalue weighted by atomic mass is 9.91. The summed E-state index contributed by atoms with van der Waals surface area (Å²) < 4.78 is 5.57. The minimum atomic E-state index is -0.252. The Hall–Kier alpha value is -0.340. The number of hydrogen-bond donors (Lipinski definition) is 1. The molecule has 2 rings (SSSR count). The van der Waals surface area contributed by atoms with E-state index in [9.17, 15) is 5.11 Å². The van der Waals surface area contributed by atoms with E-state index in [0.29, 0.717) is 11.8 Å². The molecule has 2 heteroatoms. The van der Waals surface area contributed by atoms with Gasteiger partial charge in [0.1, 0.15) is 0 Å². The zero-order chi connectivity index (χ0) is 9.97. The maximum absolute atomic E-state index is 10.0. The molecule has 1 N–H and O–H groups in total. The molecule has 80 valence electrons. The molecule has 1 saturated heterocycles. The molecule has 14 heavy (non-hydrogen) atoms. The van der Waals surface area contributed by atoms with Gasteiger partial charge in [0, 0.05) is 6.61 Å². The largest absolute Gasteiger partial charge is 0.390 e. The van der Waals surface area contributed by atoms with Crippen molar-refractivity contribution >= 4 is 0 Å². The van der Waals surface area contributed by atoms with Crippen LogP contribution in [0, 0.1) is 11.8 Å². The first kappa shape index (κ1) is 10.2. The summed E-state index contributed by atoms with van der Waals surface area (Å²) in [5, 5.41) is 10.0. The maximum Gasteiger partial charge on any atom is 0.0860 e. The molecule has 1 heterocycles. The molecule has 0 spiro atoms. The van der Waals surface area contributed by atoms with Gasteiger partial charge in [-0.15, -0.1) is 0 Å². The van der Waals surface area contributed by atoms with Crippen LogP contribution in [0.15, 0.2) is 12.2 Å². The van der Waals surface area contributed by atoms with Crippen LogP contribution in [0.5, 0.6) is 0 Å². The number of rotatable bonds is 3. The molecule has 1 aliphatic heterocycles. The van der Waals surface area contributed by atoms with Crippen LogP contribution in [0.2, 0.25) is 0 Å². The third-order valence-electron chi connectivity index (χ3n) is 3.50. The van der Waals surface area contributed by atoms with E-state index in [1.807, 2.05) is 0 Å². The molecule has 0 aromatic heterocycles. The van der Waals surface area contributed by atoms with Crippen molar-refractivity contribution in [1.29, 1.82) is 0 Å². The number of hydrogen-bond acceptors (Lipinski definition) is 2. The lowest BCUT2D eigenvalue weighted by molar-refractivity contribution is -0.0265. The van der Waals surface area contributed by atoms with Crippen LogP contribution < -0.4 is 0 Å². The Morgan fingerprint density at radius 3 is 2.71 bits per heavy atom. The van der Waals surface area contributed by atoms with Gasteiger partial charge in [0.05, 0.1) is 12.2 Å². The lowest BCUT2D eigenvalue weighted by Gasteiger charge is -2.23. The normalized spacial score (nSPS) is 35.3. The predicted molar refractivity (Wildman–Crippen MR) is 56.0 cm³/mol. The van der Waals surface area contributed by atoms with Crippen molar-refractivity contribution in [3.05, 3.63) is 12.2 Å². The fourth-order valence-corrected chi connectivity index (χ4v) is 2.55. The average molecular weight is 196 g/mol. The summed E-state index contributed by atoms with van der Waals surface area (Å²) in [6.07, 6.45) is 8.56. The van der Waals surface area contributed by atoms with Crippen LogP contribution in [-0.4, -0.2) is 23.9 Å². The highest BCUT2D eigenvalue weighted by molar-refractivity contribution is 4.95. The van der Waals surface area contributed by atoms with Crippen molar-refractivity contribution in [2.24, 2.45) is 11.8 Å². The van der Waals surface area contributed by atoms with Gasteiger partial charge in [-0.2, -0.15) is 0 Å². The van der Waals surface area contributed by atoms with Crippen LogP contribution in [0.3, 0.4) is 0 Å². The summed E-state index contributed by atoms with van der Waals surface area (Å²) in [6.45, 7) is 3.00. The zero-order valence-corrected chi connectivity index (χ0v) is 8.86. The number of aliphatic hydroxyl groups excluding tert-OH is 1. The van der Waals surface area contributed by atoms with Gasteiger partial charge in [-0.1, -0.05) is 19.1 Å². The highest BCUT2D eigenvalue weighted by Gasteiger charge is 2.32. The van der Waals surface area contributed by atoms with Crippen molar-refractivity contribution in [2.75, 3.05) is 6.61 Å². The molecule has 0 saturated carbocycles. The maximum atomic E-state index is 10.0. The van der Waals surface area contributed by atoms with E-state index in [2.05, 4.69) is 19.1 Å². The second-order valence-electron chi connectivity index (χ2n) is 4.71. The quantitative estimate of drug-likeness (QED) is 0.701. The molecular weight excluding hydrogens is 176 g/mol. The molecule has 2 aliphatic rings. The molecule has 2 nitrogen and oxygen atoms in total. The highest BCUT2D eigenvalue weighted by Crippen LogP contribution is 2.29. The smallest absolute Gasteiger partial charge is 0.0860 e. The second-order valence-corrected chi connectivity index (χ2v) is 4.71. The Balaban J connectivity index is 1.79. The Kier molecular flexibility index (Phi) is 3.24. The Morgan fingerprint density at radius 2 is 2.14 bits per heavy atom. The van der Waals surface area contributed by atoms with E-state index in [1.165, 1.54) is 0 Å². The molecule has 3 atom stereocenters. The average Bonchev–Trinajstić information content (AvgIpc) is 2.75. The van der Waals surface area contributed by atoms with E-state index in [1.54, 1.807) is 0 Å². The van der Waals surface area contributed by atoms with Crippen molar-refractivity contribution in [2.45, 2.75) is 44.8 Å². The topological polar surface area (TPSA) is 29.5 Å². The van der Waals surface area contributed by atoms with Gasteiger partial charge in [-0.3, -0.25) is 0 Å². The highest BCUT2D eigenvalue weighted by atomic mass is 16.5. The van der Waals surface area contributed by atoms with Crippen LogP contribution in [0.4, 0.5) is 0 Å². The van der Waals surface area contributed by atoms with Crippen molar-refractivity contribution in [1.82, 2.24) is 0 Å². The third-order valence-corrected chi connectivity index (χ3v) is 3.50. The van der Waals surface area contributed by atoms with Gasteiger partial charge in [0.15, 0.2) is 0 Å². The van der Waals surface area contributed by atoms with Crippen LogP contribution in [0.25, 0.3) is 0 Å². The Labute approximate surface area is 86.0 Å². The summed E-state index contributed by atoms with van der Waals surface area (Å²) in [5.41, 5.74) is 0. The Bertz CT molecular complexity index is 204. The van der Waals surface area contributed by atoms with Gasteiger partial charge in [0.2, 0.25) is 0 Å². The van der Waals surface area contributed by atoms with Crippen LogP contribution in [0.1, 0.15) is 32.6 Å². The van der Waals surface area contributed by atoms with Gasteiger partial charge >= 0.3 is 0 Å². The molecule has 1 fully saturated rings. The summed E-state index contributed by atoms with van der Waals surface area (Å²) in [4.78, 5) is 0. The van der Waals surface area contributed by atoms with E-state index in [-0.39, 0.29) is 12.2 Å². The molecule has 0 bridgehead atoms. The van der Waals surface area contributed by atoms with E-state index in [0.717, 1.165) is 32.3 Å². The van der Waals surface area contributed by atoms with Gasteiger partial charge < -0.3 is 9.84 Å². The van der Waals surface area contributed by atoms with Gasteiger partial charge in [-0.05, 0) is 37.5 Å². The first-order valence-corrected chi connectivity index (χ1v) is 5.72. The zero-order valence-electron chi connectivity index (χ0n) is 8.86.